The van der Waals surface area contributed by atoms with Gasteiger partial charge in [0.25, 0.3) is 5.91 Å². The second-order valence-corrected chi connectivity index (χ2v) is 4.79. The van der Waals surface area contributed by atoms with Crippen molar-refractivity contribution >= 4 is 22.9 Å². The number of thiazole rings is 1. The molecule has 0 saturated carbocycles. The summed E-state index contributed by atoms with van der Waals surface area (Å²) < 4.78 is 0. The third-order valence-electron chi connectivity index (χ3n) is 2.24. The van der Waals surface area contributed by atoms with Gasteiger partial charge in [0.1, 0.15) is 4.88 Å². The zero-order valence-corrected chi connectivity index (χ0v) is 10.1. The summed E-state index contributed by atoms with van der Waals surface area (Å²) in [5.41, 5.74) is 1.52. The number of benzene rings is 1. The lowest BCUT2D eigenvalue weighted by molar-refractivity contribution is 0.103. The average Bonchev–Trinajstić information content (AvgIpc) is 2.77. The van der Waals surface area contributed by atoms with Crippen molar-refractivity contribution in [1.29, 1.82) is 0 Å². The molecule has 1 aromatic heterocycles. The van der Waals surface area contributed by atoms with E-state index in [1.807, 2.05) is 6.92 Å². The third-order valence-corrected chi connectivity index (χ3v) is 3.15. The fraction of sp³-hybridized carbons (Fsp3) is 0.167. The number of anilines is 1. The highest BCUT2D eigenvalue weighted by Gasteiger charge is 2.08. The quantitative estimate of drug-likeness (QED) is 0.875. The molecule has 0 aliphatic carbocycles. The molecule has 0 bridgehead atoms. The van der Waals surface area contributed by atoms with E-state index in [2.05, 4.69) is 10.3 Å². The van der Waals surface area contributed by atoms with E-state index in [0.29, 0.717) is 10.6 Å². The van der Waals surface area contributed by atoms with Crippen LogP contribution in [0.1, 0.15) is 20.2 Å². The summed E-state index contributed by atoms with van der Waals surface area (Å²) in [6, 6.07) is 7.07. The lowest BCUT2D eigenvalue weighted by Gasteiger charge is -2.03. The van der Waals surface area contributed by atoms with Crippen LogP contribution in [0.5, 0.6) is 0 Å². The van der Waals surface area contributed by atoms with Crippen molar-refractivity contribution in [2.75, 3.05) is 5.32 Å². The largest absolute Gasteiger partial charge is 0.392 e. The minimum Gasteiger partial charge on any atom is -0.392 e. The highest BCUT2D eigenvalue weighted by atomic mass is 32.1. The Morgan fingerprint density at radius 1 is 1.41 bits per heavy atom. The smallest absolute Gasteiger partial charge is 0.267 e. The number of aliphatic hydroxyl groups excluding tert-OH is 1. The fourth-order valence-corrected chi connectivity index (χ4v) is 2.03. The van der Waals surface area contributed by atoms with Crippen LogP contribution in [0.4, 0.5) is 5.69 Å². The Labute approximate surface area is 103 Å². The number of nitrogens with one attached hydrogen (secondary N) is 1. The van der Waals surface area contributed by atoms with Crippen molar-refractivity contribution in [2.45, 2.75) is 13.5 Å². The molecule has 0 radical (unpaired) electrons. The normalized spacial score (nSPS) is 10.2. The highest BCUT2D eigenvalue weighted by molar-refractivity contribution is 7.13. The summed E-state index contributed by atoms with van der Waals surface area (Å²) in [5.74, 6) is -0.160. The lowest BCUT2D eigenvalue weighted by atomic mass is 10.2. The molecule has 0 atom stereocenters. The van der Waals surface area contributed by atoms with E-state index in [0.717, 1.165) is 10.6 Å². The lowest BCUT2D eigenvalue weighted by Crippen LogP contribution is -2.09. The average molecular weight is 248 g/mol. The molecule has 2 aromatic rings. The number of hydrogen-bond donors (Lipinski definition) is 2. The van der Waals surface area contributed by atoms with Gasteiger partial charge in [-0.3, -0.25) is 4.79 Å². The van der Waals surface area contributed by atoms with Crippen molar-refractivity contribution in [3.63, 3.8) is 0 Å². The number of aryl methyl sites for hydroxylation is 1. The van der Waals surface area contributed by atoms with Gasteiger partial charge in [-0.05, 0) is 24.6 Å². The number of hydrogen-bond acceptors (Lipinski definition) is 4. The Morgan fingerprint density at radius 3 is 2.65 bits per heavy atom. The zero-order valence-electron chi connectivity index (χ0n) is 9.30. The zero-order chi connectivity index (χ0) is 12.3. The second-order valence-electron chi connectivity index (χ2n) is 3.55. The van der Waals surface area contributed by atoms with Gasteiger partial charge in [0.15, 0.2) is 0 Å². The summed E-state index contributed by atoms with van der Waals surface area (Å²) in [4.78, 5) is 16.4. The fourth-order valence-electron chi connectivity index (χ4n) is 1.35. The van der Waals surface area contributed by atoms with E-state index in [1.54, 1.807) is 30.5 Å². The van der Waals surface area contributed by atoms with Crippen LogP contribution < -0.4 is 5.32 Å². The van der Waals surface area contributed by atoms with Gasteiger partial charge in [-0.1, -0.05) is 12.1 Å². The first-order valence-corrected chi connectivity index (χ1v) is 5.94. The molecule has 4 nitrogen and oxygen atoms in total. The third kappa shape index (κ3) is 2.89. The number of carbonyl (C=O) groups excluding carboxylic acids is 1. The Hall–Kier alpha value is -1.72. The molecule has 88 valence electrons. The van der Waals surface area contributed by atoms with Crippen LogP contribution in [-0.2, 0) is 6.61 Å². The monoisotopic (exact) mass is 248 g/mol. The summed E-state index contributed by atoms with van der Waals surface area (Å²) in [7, 11) is 0. The standard InChI is InChI=1S/C12H12N2O2S/c1-8-13-6-11(17-8)12(16)14-10-4-2-9(7-15)3-5-10/h2-6,15H,7H2,1H3,(H,14,16). The molecule has 0 unspecified atom stereocenters. The van der Waals surface area contributed by atoms with Crippen LogP contribution in [0.25, 0.3) is 0 Å². The van der Waals surface area contributed by atoms with Gasteiger partial charge >= 0.3 is 0 Å². The van der Waals surface area contributed by atoms with E-state index in [4.69, 9.17) is 5.11 Å². The first kappa shape index (κ1) is 11.8. The van der Waals surface area contributed by atoms with Crippen LogP contribution in [-0.4, -0.2) is 16.0 Å². The summed E-state index contributed by atoms with van der Waals surface area (Å²) in [6.07, 6.45) is 1.57. The molecule has 0 spiro atoms. The Morgan fingerprint density at radius 2 is 2.12 bits per heavy atom. The van der Waals surface area contributed by atoms with Crippen LogP contribution in [0.3, 0.4) is 0 Å². The predicted molar refractivity (Wildman–Crippen MR) is 67.2 cm³/mol. The van der Waals surface area contributed by atoms with E-state index < -0.39 is 0 Å². The first-order valence-electron chi connectivity index (χ1n) is 5.12. The molecular weight excluding hydrogens is 236 g/mol. The van der Waals surface area contributed by atoms with Gasteiger partial charge in [0, 0.05) is 5.69 Å². The maximum atomic E-state index is 11.8. The van der Waals surface area contributed by atoms with Gasteiger partial charge in [-0.2, -0.15) is 0 Å². The predicted octanol–water partition coefficient (Wildman–Crippen LogP) is 2.20. The number of rotatable bonds is 3. The summed E-state index contributed by atoms with van der Waals surface area (Å²) >= 11 is 1.36. The molecule has 0 aliphatic rings. The maximum Gasteiger partial charge on any atom is 0.267 e. The van der Waals surface area contributed by atoms with Gasteiger partial charge in [0.2, 0.25) is 0 Å². The number of aliphatic hydroxyl groups is 1. The Kier molecular flexibility index (Phi) is 3.51. The number of aromatic nitrogens is 1. The van der Waals surface area contributed by atoms with Crippen molar-refractivity contribution in [2.24, 2.45) is 0 Å². The maximum absolute atomic E-state index is 11.8. The van der Waals surface area contributed by atoms with E-state index >= 15 is 0 Å². The van der Waals surface area contributed by atoms with Crippen molar-refractivity contribution in [1.82, 2.24) is 4.98 Å². The van der Waals surface area contributed by atoms with Gasteiger partial charge in [0.05, 0.1) is 17.8 Å². The molecule has 1 aromatic carbocycles. The molecule has 1 heterocycles. The Balaban J connectivity index is 2.07. The molecule has 5 heteroatoms. The van der Waals surface area contributed by atoms with Crippen molar-refractivity contribution in [3.05, 3.63) is 45.9 Å². The molecule has 17 heavy (non-hydrogen) atoms. The molecule has 2 N–H and O–H groups in total. The van der Waals surface area contributed by atoms with Crippen molar-refractivity contribution < 1.29 is 9.90 Å². The first-order chi connectivity index (χ1) is 8.19. The van der Waals surface area contributed by atoms with Gasteiger partial charge < -0.3 is 10.4 Å². The Bertz CT molecular complexity index is 520. The second kappa shape index (κ2) is 5.07. The summed E-state index contributed by atoms with van der Waals surface area (Å²) in [5, 5.41) is 12.5. The van der Waals surface area contributed by atoms with E-state index in [-0.39, 0.29) is 12.5 Å². The number of carbonyl (C=O) groups is 1. The van der Waals surface area contributed by atoms with E-state index in [9.17, 15) is 4.79 Å². The molecule has 2 rings (SSSR count). The van der Waals surface area contributed by atoms with E-state index in [1.165, 1.54) is 11.3 Å². The molecule has 0 aliphatic heterocycles. The van der Waals surface area contributed by atoms with Crippen LogP contribution in [0.2, 0.25) is 0 Å². The molecule has 0 fully saturated rings. The number of amides is 1. The van der Waals surface area contributed by atoms with Crippen LogP contribution >= 0.6 is 11.3 Å². The molecular formula is C12H12N2O2S. The minimum atomic E-state index is -0.160. The summed E-state index contributed by atoms with van der Waals surface area (Å²) in [6.45, 7) is 1.86. The number of nitrogens with zero attached hydrogens (tertiary/aromatic N) is 1. The SMILES string of the molecule is Cc1ncc(C(=O)Nc2ccc(CO)cc2)s1. The molecule has 0 saturated heterocycles. The van der Waals surface area contributed by atoms with Gasteiger partial charge in [-0.25, -0.2) is 4.98 Å². The van der Waals surface area contributed by atoms with Crippen molar-refractivity contribution in [3.8, 4) is 0 Å². The van der Waals surface area contributed by atoms with Crippen LogP contribution in [0, 0.1) is 6.92 Å². The van der Waals surface area contributed by atoms with Gasteiger partial charge in [-0.15, -0.1) is 11.3 Å². The topological polar surface area (TPSA) is 62.2 Å². The molecule has 1 amide bonds. The van der Waals surface area contributed by atoms with Crippen LogP contribution in [0.15, 0.2) is 30.5 Å². The highest BCUT2D eigenvalue weighted by Crippen LogP contribution is 2.15. The minimum absolute atomic E-state index is 0.00225.